The van der Waals surface area contributed by atoms with Crippen molar-refractivity contribution in [1.82, 2.24) is 4.90 Å². The molecule has 0 atom stereocenters. The molecular formula is C22H21ClN2O3S2. The van der Waals surface area contributed by atoms with Crippen molar-refractivity contribution in [1.29, 1.82) is 0 Å². The van der Waals surface area contributed by atoms with Crippen molar-refractivity contribution in [2.45, 2.75) is 10.6 Å². The fourth-order valence-electron chi connectivity index (χ4n) is 4.12. The molecule has 3 aromatic rings. The van der Waals surface area contributed by atoms with Gasteiger partial charge in [-0.3, -0.25) is 13.9 Å². The van der Waals surface area contributed by atoms with E-state index in [1.165, 1.54) is 11.3 Å². The van der Waals surface area contributed by atoms with Crippen molar-refractivity contribution in [3.63, 3.8) is 0 Å². The predicted molar refractivity (Wildman–Crippen MR) is 124 cm³/mol. The summed E-state index contributed by atoms with van der Waals surface area (Å²) in [6.45, 7) is 2.70. The number of hydrogen-bond acceptors (Lipinski definition) is 5. The minimum atomic E-state index is -2.87. The summed E-state index contributed by atoms with van der Waals surface area (Å²) in [6, 6.07) is 17.0. The van der Waals surface area contributed by atoms with Gasteiger partial charge in [0.25, 0.3) is 5.91 Å². The Bertz CT molecular complexity index is 1120. The summed E-state index contributed by atoms with van der Waals surface area (Å²) in [7, 11) is -2.87. The third-order valence-corrected chi connectivity index (χ3v) is 8.91. The number of fused-ring (bicyclic) bond motifs is 3. The number of benzene rings is 2. The van der Waals surface area contributed by atoms with Crippen molar-refractivity contribution in [2.75, 3.05) is 31.1 Å². The van der Waals surface area contributed by atoms with E-state index in [2.05, 4.69) is 4.90 Å². The predicted octanol–water partition coefficient (Wildman–Crippen LogP) is 5.65. The molecule has 1 fully saturated rings. The Morgan fingerprint density at radius 2 is 1.70 bits per heavy atom. The summed E-state index contributed by atoms with van der Waals surface area (Å²) >= 11 is 7.76. The van der Waals surface area contributed by atoms with Crippen LogP contribution in [0.25, 0.3) is 10.4 Å². The van der Waals surface area contributed by atoms with Crippen LogP contribution in [0.2, 0.25) is 5.02 Å². The number of halogens is 1. The highest BCUT2D eigenvalue weighted by molar-refractivity contribution is 8.23. The molecule has 2 N–H and O–H groups in total. The number of carbonyl (C=O) groups is 1. The van der Waals surface area contributed by atoms with Gasteiger partial charge in [0, 0.05) is 36.6 Å². The summed E-state index contributed by atoms with van der Waals surface area (Å²) in [4.78, 5) is 19.4. The highest BCUT2D eigenvalue weighted by Crippen LogP contribution is 2.60. The van der Waals surface area contributed by atoms with Crippen molar-refractivity contribution in [3.05, 3.63) is 70.1 Å². The summed E-state index contributed by atoms with van der Waals surface area (Å²) in [5.74, 6) is 0.172. The van der Waals surface area contributed by atoms with Crippen LogP contribution in [0.3, 0.4) is 0 Å². The van der Waals surface area contributed by atoms with Gasteiger partial charge < -0.3 is 9.80 Å². The lowest BCUT2D eigenvalue weighted by Gasteiger charge is -2.37. The molecule has 0 radical (unpaired) electrons. The van der Waals surface area contributed by atoms with Crippen LogP contribution in [0.15, 0.2) is 59.5 Å². The Morgan fingerprint density at radius 3 is 2.47 bits per heavy atom. The van der Waals surface area contributed by atoms with E-state index in [-0.39, 0.29) is 11.7 Å². The quantitative estimate of drug-likeness (QED) is 0.518. The summed E-state index contributed by atoms with van der Waals surface area (Å²) in [5, 5.41) is 0.723. The lowest BCUT2D eigenvalue weighted by atomic mass is 10.1. The fourth-order valence-corrected chi connectivity index (χ4v) is 7.35. The molecule has 0 unspecified atom stereocenters. The molecule has 156 valence electrons. The van der Waals surface area contributed by atoms with E-state index in [9.17, 15) is 13.9 Å². The Morgan fingerprint density at radius 1 is 1.00 bits per heavy atom. The first-order valence-corrected chi connectivity index (χ1v) is 12.6. The van der Waals surface area contributed by atoms with E-state index < -0.39 is 10.6 Å². The second-order valence-electron chi connectivity index (χ2n) is 7.50. The standard InChI is InChI=1S/C22H21ClN2O3S2/c23-17-6-2-3-7-18(17)24-9-11-25(12-10-24)22(26)19-13-15-14-30(27,28)20-8-4-1-5-16(20)21(15)29-19/h1-8,13,27-28H,9-12,14H2. The fraction of sp³-hybridized carbons (Fsp3) is 0.227. The smallest absolute Gasteiger partial charge is 0.264 e. The molecule has 0 aliphatic carbocycles. The van der Waals surface area contributed by atoms with Gasteiger partial charge in [0.05, 0.1) is 26.2 Å². The number of hydrogen-bond donors (Lipinski definition) is 2. The van der Waals surface area contributed by atoms with Gasteiger partial charge in [-0.05, 0) is 29.8 Å². The summed E-state index contributed by atoms with van der Waals surface area (Å²) in [6.07, 6.45) is 0. The molecule has 1 amide bonds. The lowest BCUT2D eigenvalue weighted by molar-refractivity contribution is 0.0751. The van der Waals surface area contributed by atoms with Gasteiger partial charge in [0.1, 0.15) is 0 Å². The molecule has 8 heteroatoms. The number of anilines is 1. The maximum Gasteiger partial charge on any atom is 0.264 e. The number of para-hydroxylation sites is 1. The molecule has 3 heterocycles. The largest absolute Gasteiger partial charge is 0.367 e. The zero-order valence-electron chi connectivity index (χ0n) is 16.1. The number of rotatable bonds is 2. The average molecular weight is 461 g/mol. The van der Waals surface area contributed by atoms with Gasteiger partial charge >= 0.3 is 0 Å². The van der Waals surface area contributed by atoms with Crippen LogP contribution in [0.4, 0.5) is 5.69 Å². The van der Waals surface area contributed by atoms with Crippen LogP contribution >= 0.6 is 33.5 Å². The first kappa shape index (κ1) is 19.9. The van der Waals surface area contributed by atoms with Gasteiger partial charge in [0.2, 0.25) is 0 Å². The molecule has 2 aliphatic heterocycles. The number of carbonyl (C=O) groups excluding carboxylic acids is 1. The van der Waals surface area contributed by atoms with Gasteiger partial charge in [-0.25, -0.2) is 0 Å². The van der Waals surface area contributed by atoms with Gasteiger partial charge in [0.15, 0.2) is 0 Å². The summed E-state index contributed by atoms with van der Waals surface area (Å²) < 4.78 is 21.1. The first-order chi connectivity index (χ1) is 14.4. The zero-order chi connectivity index (χ0) is 20.9. The first-order valence-electron chi connectivity index (χ1n) is 9.71. The van der Waals surface area contributed by atoms with Crippen LogP contribution in [-0.2, 0) is 5.75 Å². The third-order valence-electron chi connectivity index (χ3n) is 5.62. The highest BCUT2D eigenvalue weighted by atomic mass is 35.5. The maximum absolute atomic E-state index is 13.2. The van der Waals surface area contributed by atoms with Gasteiger partial charge in [-0.1, -0.05) is 41.9 Å². The van der Waals surface area contributed by atoms with Crippen molar-refractivity contribution in [2.24, 2.45) is 0 Å². The SMILES string of the molecule is O=C(c1cc2c(s1)-c1ccccc1S(O)(O)C2)N1CCN(c2ccccc2Cl)CC1. The zero-order valence-corrected chi connectivity index (χ0v) is 18.5. The van der Waals surface area contributed by atoms with Crippen LogP contribution in [0.5, 0.6) is 0 Å². The van der Waals surface area contributed by atoms with Gasteiger partial charge in [-0.2, -0.15) is 10.6 Å². The molecule has 2 aliphatic rings. The Balaban J connectivity index is 1.36. The number of amides is 1. The number of piperazine rings is 1. The molecule has 1 aromatic heterocycles. The normalized spacial score (nSPS) is 18.5. The Labute approximate surface area is 185 Å². The summed E-state index contributed by atoms with van der Waals surface area (Å²) in [5.41, 5.74) is 2.67. The van der Waals surface area contributed by atoms with Crippen LogP contribution in [0, 0.1) is 0 Å². The molecule has 5 nitrogen and oxygen atoms in total. The van der Waals surface area contributed by atoms with E-state index >= 15 is 0 Å². The second kappa shape index (κ2) is 7.59. The monoisotopic (exact) mass is 460 g/mol. The molecule has 1 saturated heterocycles. The van der Waals surface area contributed by atoms with E-state index in [4.69, 9.17) is 11.6 Å². The Kier molecular flexibility index (Phi) is 5.03. The molecule has 2 aromatic carbocycles. The maximum atomic E-state index is 13.2. The molecule has 0 saturated carbocycles. The number of nitrogens with zero attached hydrogens (tertiary/aromatic N) is 2. The minimum Gasteiger partial charge on any atom is -0.367 e. The van der Waals surface area contributed by atoms with Crippen LogP contribution < -0.4 is 4.90 Å². The van der Waals surface area contributed by atoms with E-state index in [0.717, 1.165) is 39.8 Å². The Hall–Kier alpha value is -2.03. The van der Waals surface area contributed by atoms with Crippen molar-refractivity contribution < 1.29 is 13.9 Å². The number of thiophene rings is 1. The minimum absolute atomic E-state index is 0.00201. The van der Waals surface area contributed by atoms with E-state index in [1.807, 2.05) is 53.4 Å². The van der Waals surface area contributed by atoms with Gasteiger partial charge in [-0.15, -0.1) is 11.3 Å². The molecule has 30 heavy (non-hydrogen) atoms. The van der Waals surface area contributed by atoms with Crippen molar-refractivity contribution in [3.8, 4) is 10.4 Å². The second-order valence-corrected chi connectivity index (χ2v) is 11.0. The molecular weight excluding hydrogens is 440 g/mol. The topological polar surface area (TPSA) is 64.0 Å². The molecule has 0 spiro atoms. The third kappa shape index (κ3) is 3.40. The van der Waals surface area contributed by atoms with Crippen LogP contribution in [0.1, 0.15) is 15.2 Å². The van der Waals surface area contributed by atoms with E-state index in [0.29, 0.717) is 22.9 Å². The highest BCUT2D eigenvalue weighted by Gasteiger charge is 2.32. The van der Waals surface area contributed by atoms with Crippen molar-refractivity contribution >= 4 is 45.1 Å². The lowest BCUT2D eigenvalue weighted by Crippen LogP contribution is -2.48. The average Bonchev–Trinajstić information content (AvgIpc) is 3.17. The van der Waals surface area contributed by atoms with E-state index in [1.54, 1.807) is 6.07 Å². The molecule has 0 bridgehead atoms. The van der Waals surface area contributed by atoms with Crippen LogP contribution in [-0.4, -0.2) is 46.1 Å². The molecule has 5 rings (SSSR count).